The normalized spacial score (nSPS) is 13.7. The number of nitrogens with one attached hydrogen (secondary N) is 1. The van der Waals surface area contributed by atoms with Gasteiger partial charge in [-0.2, -0.15) is 0 Å². The molecule has 0 aliphatic carbocycles. The van der Waals surface area contributed by atoms with Gasteiger partial charge in [-0.25, -0.2) is 0 Å². The molecule has 1 heterocycles. The summed E-state index contributed by atoms with van der Waals surface area (Å²) in [6.07, 6.45) is 2.90. The van der Waals surface area contributed by atoms with Crippen molar-refractivity contribution in [3.8, 4) is 11.5 Å². The molecule has 3 rings (SSSR count). The molecule has 0 saturated heterocycles. The van der Waals surface area contributed by atoms with E-state index in [1.165, 1.54) is 0 Å². The minimum atomic E-state index is 0.150. The predicted octanol–water partition coefficient (Wildman–Crippen LogP) is 3.74. The number of anilines is 1. The summed E-state index contributed by atoms with van der Waals surface area (Å²) in [5.41, 5.74) is 9.40. The summed E-state index contributed by atoms with van der Waals surface area (Å²) in [5, 5.41) is 4.39. The molecule has 1 aliphatic rings. The Morgan fingerprint density at radius 3 is 2.32 bits per heavy atom. The second kappa shape index (κ2) is 10.9. The summed E-state index contributed by atoms with van der Waals surface area (Å²) in [6, 6.07) is 7.61. The summed E-state index contributed by atoms with van der Waals surface area (Å²) in [4.78, 5) is 14.7. The second-order valence-electron chi connectivity index (χ2n) is 7.61. The molecule has 2 aromatic rings. The number of carbonyl (C=O) groups is 1. The van der Waals surface area contributed by atoms with E-state index in [9.17, 15) is 4.79 Å². The number of amides is 1. The maximum atomic E-state index is 12.7. The van der Waals surface area contributed by atoms with Crippen LogP contribution in [-0.4, -0.2) is 51.2 Å². The molecule has 31 heavy (non-hydrogen) atoms. The summed E-state index contributed by atoms with van der Waals surface area (Å²) in [5.74, 6) is 1.52. The van der Waals surface area contributed by atoms with E-state index in [4.69, 9.17) is 38.4 Å². The van der Waals surface area contributed by atoms with Crippen molar-refractivity contribution in [1.82, 2.24) is 10.2 Å². The quantitative estimate of drug-likeness (QED) is 0.435. The number of halogens is 2. The van der Waals surface area contributed by atoms with Gasteiger partial charge in [-0.05, 0) is 73.3 Å². The van der Waals surface area contributed by atoms with Crippen LogP contribution in [0.3, 0.4) is 0 Å². The van der Waals surface area contributed by atoms with Crippen LogP contribution >= 0.6 is 23.2 Å². The maximum Gasteiger partial charge on any atom is 0.227 e. The number of nitrogens with zero attached hydrogens (tertiary/aromatic N) is 1. The minimum Gasteiger partial charge on any atom is -0.493 e. The van der Waals surface area contributed by atoms with E-state index in [0.717, 1.165) is 55.6 Å². The van der Waals surface area contributed by atoms with Crippen molar-refractivity contribution in [2.24, 2.45) is 0 Å². The number of benzene rings is 2. The lowest BCUT2D eigenvalue weighted by Gasteiger charge is -2.20. The maximum absolute atomic E-state index is 12.7. The van der Waals surface area contributed by atoms with Gasteiger partial charge >= 0.3 is 0 Å². The minimum absolute atomic E-state index is 0.150. The molecule has 0 aromatic heterocycles. The summed E-state index contributed by atoms with van der Waals surface area (Å²) < 4.78 is 10.8. The SMILES string of the molecule is COc1cc2c(cc1OC)CC(=O)N(CCCNCCc1cc(Cl)c(N)c(Cl)c1)CC2. The molecule has 8 heteroatoms. The number of hydrogen-bond donors (Lipinski definition) is 2. The fourth-order valence-electron chi connectivity index (χ4n) is 3.79. The van der Waals surface area contributed by atoms with Crippen LogP contribution in [0.4, 0.5) is 5.69 Å². The van der Waals surface area contributed by atoms with Crippen molar-refractivity contribution >= 4 is 34.8 Å². The van der Waals surface area contributed by atoms with E-state index in [1.807, 2.05) is 29.2 Å². The Balaban J connectivity index is 1.44. The highest BCUT2D eigenvalue weighted by Gasteiger charge is 2.22. The molecule has 6 nitrogen and oxygen atoms in total. The number of methoxy groups -OCH3 is 2. The van der Waals surface area contributed by atoms with Gasteiger partial charge in [0.1, 0.15) is 0 Å². The topological polar surface area (TPSA) is 76.8 Å². The van der Waals surface area contributed by atoms with Crippen LogP contribution in [0.15, 0.2) is 24.3 Å². The highest BCUT2D eigenvalue weighted by molar-refractivity contribution is 6.38. The van der Waals surface area contributed by atoms with Crippen LogP contribution in [0, 0.1) is 0 Å². The van der Waals surface area contributed by atoms with Crippen LogP contribution in [0.2, 0.25) is 10.0 Å². The van der Waals surface area contributed by atoms with E-state index in [2.05, 4.69) is 5.32 Å². The lowest BCUT2D eigenvalue weighted by Crippen LogP contribution is -2.34. The Hall–Kier alpha value is -2.15. The highest BCUT2D eigenvalue weighted by atomic mass is 35.5. The van der Waals surface area contributed by atoms with E-state index >= 15 is 0 Å². The average molecular weight is 466 g/mol. The molecule has 2 aromatic carbocycles. The fraction of sp³-hybridized carbons (Fsp3) is 0.435. The molecule has 1 aliphatic heterocycles. The number of fused-ring (bicyclic) bond motifs is 1. The average Bonchev–Trinajstić information content (AvgIpc) is 2.91. The number of ether oxygens (including phenoxy) is 2. The Labute approximate surface area is 193 Å². The Bertz CT molecular complexity index is 914. The third kappa shape index (κ3) is 5.97. The number of hydrogen-bond acceptors (Lipinski definition) is 5. The van der Waals surface area contributed by atoms with Gasteiger partial charge in [0, 0.05) is 13.1 Å². The fourth-order valence-corrected chi connectivity index (χ4v) is 4.32. The van der Waals surface area contributed by atoms with Crippen LogP contribution in [0.1, 0.15) is 23.1 Å². The molecule has 0 fully saturated rings. The van der Waals surface area contributed by atoms with Gasteiger partial charge in [0.25, 0.3) is 0 Å². The van der Waals surface area contributed by atoms with E-state index < -0.39 is 0 Å². The lowest BCUT2D eigenvalue weighted by molar-refractivity contribution is -0.130. The molecule has 0 atom stereocenters. The number of carbonyl (C=O) groups excluding carboxylic acids is 1. The zero-order chi connectivity index (χ0) is 22.4. The molecule has 0 saturated carbocycles. The van der Waals surface area contributed by atoms with Crippen molar-refractivity contribution in [2.45, 2.75) is 25.7 Å². The van der Waals surface area contributed by atoms with Crippen molar-refractivity contribution < 1.29 is 14.3 Å². The van der Waals surface area contributed by atoms with Gasteiger partial charge in [0.05, 0.1) is 36.4 Å². The first-order valence-electron chi connectivity index (χ1n) is 10.4. The Kier molecular flexibility index (Phi) is 8.29. The van der Waals surface area contributed by atoms with Gasteiger partial charge in [0.2, 0.25) is 5.91 Å². The zero-order valence-electron chi connectivity index (χ0n) is 18.0. The van der Waals surface area contributed by atoms with Crippen molar-refractivity contribution in [3.63, 3.8) is 0 Å². The van der Waals surface area contributed by atoms with E-state index in [-0.39, 0.29) is 5.91 Å². The van der Waals surface area contributed by atoms with Gasteiger partial charge in [0.15, 0.2) is 11.5 Å². The van der Waals surface area contributed by atoms with Crippen molar-refractivity contribution in [1.29, 1.82) is 0 Å². The molecule has 0 bridgehead atoms. The van der Waals surface area contributed by atoms with Gasteiger partial charge in [-0.1, -0.05) is 23.2 Å². The molecule has 0 radical (unpaired) electrons. The third-order valence-electron chi connectivity index (χ3n) is 5.56. The molecule has 1 amide bonds. The Morgan fingerprint density at radius 2 is 1.68 bits per heavy atom. The molecule has 3 N–H and O–H groups in total. The first-order chi connectivity index (χ1) is 14.9. The standard InChI is InChI=1S/C23H29Cl2N3O3/c1-30-20-12-16-5-9-28(22(29)14-17(16)13-21(20)31-2)8-3-6-27-7-4-15-10-18(24)23(26)19(25)11-15/h10-13,27H,3-9,14,26H2,1-2H3. The van der Waals surface area contributed by atoms with Crippen molar-refractivity contribution in [3.05, 3.63) is 51.0 Å². The largest absolute Gasteiger partial charge is 0.493 e. The summed E-state index contributed by atoms with van der Waals surface area (Å²) >= 11 is 12.2. The van der Waals surface area contributed by atoms with Crippen LogP contribution < -0.4 is 20.5 Å². The third-order valence-corrected chi connectivity index (χ3v) is 6.19. The van der Waals surface area contributed by atoms with Crippen LogP contribution in [0.25, 0.3) is 0 Å². The zero-order valence-corrected chi connectivity index (χ0v) is 19.5. The second-order valence-corrected chi connectivity index (χ2v) is 8.42. The van der Waals surface area contributed by atoms with E-state index in [0.29, 0.717) is 40.2 Å². The molecular weight excluding hydrogens is 437 g/mol. The van der Waals surface area contributed by atoms with E-state index in [1.54, 1.807) is 14.2 Å². The van der Waals surface area contributed by atoms with Gasteiger partial charge in [-0.15, -0.1) is 0 Å². The monoisotopic (exact) mass is 465 g/mol. The van der Waals surface area contributed by atoms with Gasteiger partial charge < -0.3 is 25.4 Å². The van der Waals surface area contributed by atoms with Crippen LogP contribution in [0.5, 0.6) is 11.5 Å². The van der Waals surface area contributed by atoms with Crippen LogP contribution in [-0.2, 0) is 24.1 Å². The number of rotatable bonds is 9. The molecule has 0 spiro atoms. The Morgan fingerprint density at radius 1 is 1.03 bits per heavy atom. The first kappa shape index (κ1) is 23.5. The van der Waals surface area contributed by atoms with Gasteiger partial charge in [-0.3, -0.25) is 4.79 Å². The number of nitrogens with two attached hydrogens (primary N) is 1. The highest BCUT2D eigenvalue weighted by Crippen LogP contribution is 2.32. The lowest BCUT2D eigenvalue weighted by atomic mass is 10.0. The van der Waals surface area contributed by atoms with Crippen molar-refractivity contribution in [2.75, 3.05) is 46.1 Å². The first-order valence-corrected chi connectivity index (χ1v) is 11.1. The summed E-state index contributed by atoms with van der Waals surface area (Å²) in [7, 11) is 3.24. The molecular formula is C23H29Cl2N3O3. The number of nitrogen functional groups attached to an aromatic ring is 1. The summed E-state index contributed by atoms with van der Waals surface area (Å²) in [6.45, 7) is 3.07. The predicted molar refractivity (Wildman–Crippen MR) is 126 cm³/mol. The molecule has 168 valence electrons. The molecule has 0 unspecified atom stereocenters. The smallest absolute Gasteiger partial charge is 0.227 e.